The largest absolute Gasteiger partial charge is 0.264 e. The number of aryl methyl sites for hydroxylation is 2. The SMILES string of the molecule is Cc1cc(C)n(Cc2cccc(Br)n2)n1. The Bertz CT molecular complexity index is 476. The van der Waals surface area contributed by atoms with Gasteiger partial charge in [0.05, 0.1) is 17.9 Å². The molecule has 3 nitrogen and oxygen atoms in total. The van der Waals surface area contributed by atoms with Crippen molar-refractivity contribution in [1.82, 2.24) is 14.8 Å². The first-order valence-electron chi connectivity index (χ1n) is 4.77. The van der Waals surface area contributed by atoms with Crippen LogP contribution in [0.4, 0.5) is 0 Å². The van der Waals surface area contributed by atoms with Crippen molar-refractivity contribution >= 4 is 15.9 Å². The van der Waals surface area contributed by atoms with Crippen LogP contribution in [0.1, 0.15) is 17.1 Å². The molecule has 0 unspecified atom stereocenters. The molecule has 0 aromatic carbocycles. The fourth-order valence-electron chi connectivity index (χ4n) is 1.53. The van der Waals surface area contributed by atoms with Gasteiger partial charge in [-0.1, -0.05) is 6.07 Å². The van der Waals surface area contributed by atoms with E-state index in [9.17, 15) is 0 Å². The van der Waals surface area contributed by atoms with Crippen LogP contribution < -0.4 is 0 Å². The van der Waals surface area contributed by atoms with Gasteiger partial charge < -0.3 is 0 Å². The molecule has 0 saturated heterocycles. The van der Waals surface area contributed by atoms with E-state index in [4.69, 9.17) is 0 Å². The van der Waals surface area contributed by atoms with Crippen LogP contribution in [-0.2, 0) is 6.54 Å². The number of nitrogens with zero attached hydrogens (tertiary/aromatic N) is 3. The number of aromatic nitrogens is 3. The maximum absolute atomic E-state index is 4.40. The molecule has 0 atom stereocenters. The Morgan fingerprint density at radius 2 is 2.13 bits per heavy atom. The van der Waals surface area contributed by atoms with E-state index < -0.39 is 0 Å². The van der Waals surface area contributed by atoms with E-state index >= 15 is 0 Å². The normalized spacial score (nSPS) is 10.6. The van der Waals surface area contributed by atoms with Gasteiger partial charge in [-0.05, 0) is 48.0 Å². The van der Waals surface area contributed by atoms with Gasteiger partial charge >= 0.3 is 0 Å². The molecule has 2 aromatic heterocycles. The van der Waals surface area contributed by atoms with E-state index in [1.807, 2.05) is 29.8 Å². The minimum Gasteiger partial charge on any atom is -0.264 e. The zero-order chi connectivity index (χ0) is 10.8. The summed E-state index contributed by atoms with van der Waals surface area (Å²) in [5, 5.41) is 4.40. The lowest BCUT2D eigenvalue weighted by molar-refractivity contribution is 0.646. The van der Waals surface area contributed by atoms with Gasteiger partial charge in [-0.3, -0.25) is 4.68 Å². The maximum Gasteiger partial charge on any atom is 0.106 e. The predicted molar refractivity (Wildman–Crippen MR) is 62.7 cm³/mol. The van der Waals surface area contributed by atoms with Gasteiger partial charge in [-0.15, -0.1) is 0 Å². The molecular weight excluding hydrogens is 254 g/mol. The lowest BCUT2D eigenvalue weighted by Crippen LogP contribution is -2.05. The summed E-state index contributed by atoms with van der Waals surface area (Å²) in [6, 6.07) is 7.97. The van der Waals surface area contributed by atoms with Crippen LogP contribution in [0.5, 0.6) is 0 Å². The van der Waals surface area contributed by atoms with Gasteiger partial charge in [0, 0.05) is 5.69 Å². The lowest BCUT2D eigenvalue weighted by atomic mass is 10.3. The smallest absolute Gasteiger partial charge is 0.106 e. The predicted octanol–water partition coefficient (Wildman–Crippen LogP) is 2.71. The van der Waals surface area contributed by atoms with Crippen LogP contribution in [0.25, 0.3) is 0 Å². The van der Waals surface area contributed by atoms with Crippen molar-refractivity contribution in [3.63, 3.8) is 0 Å². The molecule has 78 valence electrons. The van der Waals surface area contributed by atoms with Gasteiger partial charge in [0.25, 0.3) is 0 Å². The Kier molecular flexibility index (Phi) is 2.86. The molecule has 2 aromatic rings. The molecule has 0 spiro atoms. The van der Waals surface area contributed by atoms with Crippen molar-refractivity contribution < 1.29 is 0 Å². The van der Waals surface area contributed by atoms with E-state index in [2.05, 4.69) is 39.0 Å². The summed E-state index contributed by atoms with van der Waals surface area (Å²) in [6.45, 7) is 4.77. The zero-order valence-electron chi connectivity index (χ0n) is 8.74. The minimum atomic E-state index is 0.721. The average Bonchev–Trinajstić information content (AvgIpc) is 2.45. The van der Waals surface area contributed by atoms with Crippen LogP contribution >= 0.6 is 15.9 Å². The van der Waals surface area contributed by atoms with Crippen molar-refractivity contribution in [2.24, 2.45) is 0 Å². The van der Waals surface area contributed by atoms with Crippen LogP contribution in [0, 0.1) is 13.8 Å². The fraction of sp³-hybridized carbons (Fsp3) is 0.273. The summed E-state index contributed by atoms with van der Waals surface area (Å²) < 4.78 is 2.82. The molecule has 0 aliphatic rings. The summed E-state index contributed by atoms with van der Waals surface area (Å²) in [5.74, 6) is 0. The summed E-state index contributed by atoms with van der Waals surface area (Å²) in [4.78, 5) is 4.37. The highest BCUT2D eigenvalue weighted by Gasteiger charge is 2.02. The van der Waals surface area contributed by atoms with Crippen molar-refractivity contribution in [1.29, 1.82) is 0 Å². The Labute approximate surface area is 97.3 Å². The van der Waals surface area contributed by atoms with Gasteiger partial charge in [-0.25, -0.2) is 4.98 Å². The Morgan fingerprint density at radius 1 is 1.33 bits per heavy atom. The number of hydrogen-bond acceptors (Lipinski definition) is 2. The van der Waals surface area contributed by atoms with Gasteiger partial charge in [0.1, 0.15) is 4.60 Å². The van der Waals surface area contributed by atoms with Crippen molar-refractivity contribution in [3.05, 3.63) is 46.0 Å². The molecule has 0 aliphatic heterocycles. The van der Waals surface area contributed by atoms with Gasteiger partial charge in [0.15, 0.2) is 0 Å². The Morgan fingerprint density at radius 3 is 2.73 bits per heavy atom. The number of rotatable bonds is 2. The highest BCUT2D eigenvalue weighted by atomic mass is 79.9. The maximum atomic E-state index is 4.40. The molecule has 0 saturated carbocycles. The first-order valence-corrected chi connectivity index (χ1v) is 5.57. The van der Waals surface area contributed by atoms with E-state index in [-0.39, 0.29) is 0 Å². The Balaban J connectivity index is 2.25. The quantitative estimate of drug-likeness (QED) is 0.782. The van der Waals surface area contributed by atoms with Crippen molar-refractivity contribution in [2.45, 2.75) is 20.4 Å². The summed E-state index contributed by atoms with van der Waals surface area (Å²) >= 11 is 3.36. The van der Waals surface area contributed by atoms with Crippen LogP contribution in [0.15, 0.2) is 28.9 Å². The molecule has 4 heteroatoms. The van der Waals surface area contributed by atoms with Crippen LogP contribution in [0.2, 0.25) is 0 Å². The average molecular weight is 266 g/mol. The second-order valence-corrected chi connectivity index (χ2v) is 4.35. The van der Waals surface area contributed by atoms with Crippen molar-refractivity contribution in [2.75, 3.05) is 0 Å². The summed E-state index contributed by atoms with van der Waals surface area (Å²) in [6.07, 6.45) is 0. The molecule has 0 N–H and O–H groups in total. The fourth-order valence-corrected chi connectivity index (χ4v) is 1.91. The van der Waals surface area contributed by atoms with E-state index in [1.165, 1.54) is 0 Å². The molecule has 2 heterocycles. The third-order valence-corrected chi connectivity index (χ3v) is 2.63. The lowest BCUT2D eigenvalue weighted by Gasteiger charge is -2.03. The second-order valence-electron chi connectivity index (χ2n) is 3.54. The molecule has 0 aliphatic carbocycles. The standard InChI is InChI=1S/C11H12BrN3/c1-8-6-9(2)15(14-8)7-10-4-3-5-11(12)13-10/h3-6H,7H2,1-2H3. The molecular formula is C11H12BrN3. The molecule has 0 radical (unpaired) electrons. The van der Waals surface area contributed by atoms with Crippen LogP contribution in [-0.4, -0.2) is 14.8 Å². The molecule has 0 amide bonds. The highest BCUT2D eigenvalue weighted by Crippen LogP contribution is 2.09. The third-order valence-electron chi connectivity index (χ3n) is 2.19. The second kappa shape index (κ2) is 4.14. The van der Waals surface area contributed by atoms with Gasteiger partial charge in [-0.2, -0.15) is 5.10 Å². The zero-order valence-corrected chi connectivity index (χ0v) is 10.3. The van der Waals surface area contributed by atoms with E-state index in [0.717, 1.165) is 28.2 Å². The minimum absolute atomic E-state index is 0.721. The Hall–Kier alpha value is -1.16. The summed E-state index contributed by atoms with van der Waals surface area (Å²) in [5.41, 5.74) is 3.22. The number of pyridine rings is 1. The van der Waals surface area contributed by atoms with Crippen LogP contribution in [0.3, 0.4) is 0 Å². The summed E-state index contributed by atoms with van der Waals surface area (Å²) in [7, 11) is 0. The number of halogens is 1. The first-order chi connectivity index (χ1) is 7.15. The highest BCUT2D eigenvalue weighted by molar-refractivity contribution is 9.10. The molecule has 2 rings (SSSR count). The molecule has 15 heavy (non-hydrogen) atoms. The van der Waals surface area contributed by atoms with Gasteiger partial charge in [0.2, 0.25) is 0 Å². The third kappa shape index (κ3) is 2.45. The van der Waals surface area contributed by atoms with Crippen molar-refractivity contribution in [3.8, 4) is 0 Å². The molecule has 0 bridgehead atoms. The van der Waals surface area contributed by atoms with E-state index in [0.29, 0.717) is 0 Å². The monoisotopic (exact) mass is 265 g/mol. The molecule has 0 fully saturated rings. The topological polar surface area (TPSA) is 30.7 Å². The number of hydrogen-bond donors (Lipinski definition) is 0. The van der Waals surface area contributed by atoms with E-state index in [1.54, 1.807) is 0 Å². The first kappa shape index (κ1) is 10.4.